The molecular weight excluding hydrogens is 418 g/mol. The van der Waals surface area contributed by atoms with Gasteiger partial charge in [0, 0.05) is 11.6 Å². The number of hydrogen-bond acceptors (Lipinski definition) is 4. The minimum Gasteiger partial charge on any atom is -0.494 e. The molecule has 0 aliphatic rings. The molecule has 31 heavy (non-hydrogen) atoms. The van der Waals surface area contributed by atoms with E-state index in [-0.39, 0.29) is 11.8 Å². The molecule has 1 amide bonds. The summed E-state index contributed by atoms with van der Waals surface area (Å²) in [4.78, 5) is 39.5. The number of carbonyl (C=O) groups is 1. The Morgan fingerprint density at radius 1 is 1.10 bits per heavy atom. The lowest BCUT2D eigenvalue weighted by atomic mass is 10.2. The number of aromatic nitrogens is 2. The second-order valence-corrected chi connectivity index (χ2v) is 8.13. The molecule has 1 N–H and O–H groups in total. The van der Waals surface area contributed by atoms with Crippen LogP contribution in [0, 0.1) is 5.92 Å². The van der Waals surface area contributed by atoms with Crippen molar-refractivity contribution >= 4 is 28.4 Å². The zero-order valence-electron chi connectivity index (χ0n) is 18.0. The van der Waals surface area contributed by atoms with Crippen LogP contribution < -0.4 is 21.3 Å². The first-order valence-electron chi connectivity index (χ1n) is 10.2. The third-order valence-corrected chi connectivity index (χ3v) is 5.14. The number of hydrogen-bond donors (Lipinski definition) is 1. The molecule has 0 spiro atoms. The predicted octanol–water partition coefficient (Wildman–Crippen LogP) is 3.54. The lowest BCUT2D eigenvalue weighted by molar-refractivity contribution is -0.124. The van der Waals surface area contributed by atoms with Crippen LogP contribution in [0.4, 0.5) is 0 Å². The van der Waals surface area contributed by atoms with Gasteiger partial charge >= 0.3 is 5.69 Å². The second-order valence-electron chi connectivity index (χ2n) is 7.70. The number of ether oxygens (including phenoxy) is 1. The van der Waals surface area contributed by atoms with E-state index in [0.29, 0.717) is 40.5 Å². The summed E-state index contributed by atoms with van der Waals surface area (Å²) in [6.07, 6.45) is 0. The Morgan fingerprint density at radius 2 is 1.77 bits per heavy atom. The molecule has 7 nitrogen and oxygen atoms in total. The number of nitrogens with one attached hydrogen (secondary N) is 1. The Morgan fingerprint density at radius 3 is 2.39 bits per heavy atom. The Kier molecular flexibility index (Phi) is 6.85. The van der Waals surface area contributed by atoms with Gasteiger partial charge in [0.2, 0.25) is 5.91 Å². The summed E-state index contributed by atoms with van der Waals surface area (Å²) in [7, 11) is 0. The van der Waals surface area contributed by atoms with Gasteiger partial charge in [0.05, 0.1) is 23.2 Å². The maximum Gasteiger partial charge on any atom is 0.336 e. The zero-order chi connectivity index (χ0) is 22.7. The molecule has 0 fully saturated rings. The van der Waals surface area contributed by atoms with Gasteiger partial charge in [-0.1, -0.05) is 25.4 Å². The quantitative estimate of drug-likeness (QED) is 0.605. The maximum atomic E-state index is 13.5. The van der Waals surface area contributed by atoms with E-state index in [4.69, 9.17) is 16.3 Å². The van der Waals surface area contributed by atoms with Gasteiger partial charge in [-0.05, 0) is 62.2 Å². The Labute approximate surface area is 185 Å². The van der Waals surface area contributed by atoms with Crippen LogP contribution in [-0.4, -0.2) is 28.2 Å². The van der Waals surface area contributed by atoms with Crippen molar-refractivity contribution in [1.82, 2.24) is 14.5 Å². The molecule has 0 saturated heterocycles. The average Bonchev–Trinajstić information content (AvgIpc) is 2.73. The largest absolute Gasteiger partial charge is 0.494 e. The SMILES string of the molecule is CCOc1ccc(-n2c(=O)c3ccc(Cl)cc3n([C@H](C)C(=O)NCC(C)C)c2=O)cc1. The molecule has 0 aliphatic carbocycles. The Bertz CT molecular complexity index is 1210. The van der Waals surface area contributed by atoms with Crippen molar-refractivity contribution < 1.29 is 9.53 Å². The monoisotopic (exact) mass is 443 g/mol. The fourth-order valence-corrected chi connectivity index (χ4v) is 3.50. The smallest absolute Gasteiger partial charge is 0.336 e. The van der Waals surface area contributed by atoms with Gasteiger partial charge in [-0.3, -0.25) is 14.2 Å². The van der Waals surface area contributed by atoms with Crippen LogP contribution in [0.3, 0.4) is 0 Å². The van der Waals surface area contributed by atoms with E-state index in [9.17, 15) is 14.4 Å². The molecule has 0 radical (unpaired) electrons. The van der Waals surface area contributed by atoms with Crippen LogP contribution in [0.25, 0.3) is 16.6 Å². The van der Waals surface area contributed by atoms with E-state index in [1.165, 1.54) is 10.6 Å². The van der Waals surface area contributed by atoms with Crippen LogP contribution in [-0.2, 0) is 4.79 Å². The summed E-state index contributed by atoms with van der Waals surface area (Å²) < 4.78 is 7.82. The standard InChI is InChI=1S/C23H26ClN3O4/c1-5-31-18-9-7-17(8-10-18)27-22(29)19-11-6-16(24)12-20(19)26(23(27)30)15(4)21(28)25-13-14(2)3/h6-12,14-15H,5,13H2,1-4H3,(H,25,28)/t15-/m1/s1. The van der Waals surface area contributed by atoms with Crippen molar-refractivity contribution in [3.8, 4) is 11.4 Å². The topological polar surface area (TPSA) is 82.3 Å². The molecule has 3 rings (SSSR count). The predicted molar refractivity (Wildman–Crippen MR) is 123 cm³/mol. The maximum absolute atomic E-state index is 13.5. The van der Waals surface area contributed by atoms with Gasteiger partial charge in [0.25, 0.3) is 5.56 Å². The van der Waals surface area contributed by atoms with Crippen LogP contribution >= 0.6 is 11.6 Å². The van der Waals surface area contributed by atoms with Crippen molar-refractivity contribution in [2.75, 3.05) is 13.2 Å². The number of amides is 1. The molecule has 0 saturated carbocycles. The minimum atomic E-state index is -0.846. The van der Waals surface area contributed by atoms with E-state index in [0.717, 1.165) is 4.57 Å². The highest BCUT2D eigenvalue weighted by molar-refractivity contribution is 6.31. The van der Waals surface area contributed by atoms with Gasteiger partial charge in [-0.25, -0.2) is 9.36 Å². The van der Waals surface area contributed by atoms with Crippen LogP contribution in [0.5, 0.6) is 5.75 Å². The van der Waals surface area contributed by atoms with Crippen molar-refractivity contribution in [3.63, 3.8) is 0 Å². The molecule has 0 aliphatic heterocycles. The van der Waals surface area contributed by atoms with E-state index in [2.05, 4.69) is 5.32 Å². The summed E-state index contributed by atoms with van der Waals surface area (Å²) in [6.45, 7) is 8.46. The van der Waals surface area contributed by atoms with Gasteiger partial charge in [-0.2, -0.15) is 0 Å². The molecule has 0 bridgehead atoms. The summed E-state index contributed by atoms with van der Waals surface area (Å²) in [5, 5.41) is 3.51. The Balaban J connectivity index is 2.23. The summed E-state index contributed by atoms with van der Waals surface area (Å²) in [5.41, 5.74) is -0.390. The van der Waals surface area contributed by atoms with E-state index in [1.54, 1.807) is 43.3 Å². The van der Waals surface area contributed by atoms with Crippen molar-refractivity contribution in [1.29, 1.82) is 0 Å². The molecule has 164 valence electrons. The number of fused-ring (bicyclic) bond motifs is 1. The number of nitrogens with zero attached hydrogens (tertiary/aromatic N) is 2. The molecular formula is C23H26ClN3O4. The normalized spacial score (nSPS) is 12.2. The van der Waals surface area contributed by atoms with Crippen molar-refractivity contribution in [2.24, 2.45) is 5.92 Å². The number of rotatable bonds is 7. The first-order valence-corrected chi connectivity index (χ1v) is 10.6. The number of benzene rings is 2. The Hall–Kier alpha value is -3.06. The molecule has 1 atom stereocenters. The fraction of sp³-hybridized carbons (Fsp3) is 0.348. The first kappa shape index (κ1) is 22.6. The zero-order valence-corrected chi connectivity index (χ0v) is 18.8. The van der Waals surface area contributed by atoms with E-state index in [1.807, 2.05) is 20.8 Å². The fourth-order valence-electron chi connectivity index (χ4n) is 3.33. The molecule has 8 heteroatoms. The number of halogens is 1. The highest BCUT2D eigenvalue weighted by atomic mass is 35.5. The minimum absolute atomic E-state index is 0.261. The summed E-state index contributed by atoms with van der Waals surface area (Å²) >= 11 is 6.15. The molecule has 1 aromatic heterocycles. The van der Waals surface area contributed by atoms with Crippen LogP contribution in [0.1, 0.15) is 33.7 Å². The van der Waals surface area contributed by atoms with Crippen LogP contribution in [0.15, 0.2) is 52.1 Å². The highest BCUT2D eigenvalue weighted by Gasteiger charge is 2.23. The lowest BCUT2D eigenvalue weighted by Gasteiger charge is -2.20. The third kappa shape index (κ3) is 4.66. The van der Waals surface area contributed by atoms with Gasteiger partial charge in [-0.15, -0.1) is 0 Å². The van der Waals surface area contributed by atoms with Gasteiger partial charge in [0.15, 0.2) is 0 Å². The lowest BCUT2D eigenvalue weighted by Crippen LogP contribution is -2.44. The second kappa shape index (κ2) is 9.39. The highest BCUT2D eigenvalue weighted by Crippen LogP contribution is 2.20. The van der Waals surface area contributed by atoms with Gasteiger partial charge < -0.3 is 10.1 Å². The van der Waals surface area contributed by atoms with Gasteiger partial charge in [0.1, 0.15) is 11.8 Å². The summed E-state index contributed by atoms with van der Waals surface area (Å²) in [5.74, 6) is 0.583. The van der Waals surface area contributed by atoms with E-state index < -0.39 is 17.3 Å². The van der Waals surface area contributed by atoms with E-state index >= 15 is 0 Å². The first-order chi connectivity index (χ1) is 14.7. The van der Waals surface area contributed by atoms with Crippen molar-refractivity contribution in [3.05, 3.63) is 68.3 Å². The average molecular weight is 444 g/mol. The molecule has 1 heterocycles. The van der Waals surface area contributed by atoms with Crippen molar-refractivity contribution in [2.45, 2.75) is 33.7 Å². The molecule has 2 aromatic carbocycles. The summed E-state index contributed by atoms with van der Waals surface area (Å²) in [6, 6.07) is 10.5. The molecule has 0 unspecified atom stereocenters. The molecule has 3 aromatic rings. The third-order valence-electron chi connectivity index (χ3n) is 4.91. The number of carbonyl (C=O) groups excluding carboxylic acids is 1. The van der Waals surface area contributed by atoms with Crippen LogP contribution in [0.2, 0.25) is 5.02 Å².